The second-order valence-corrected chi connectivity index (χ2v) is 5.74. The van der Waals surface area contributed by atoms with E-state index in [9.17, 15) is 9.50 Å². The first-order valence-electron chi connectivity index (χ1n) is 7.57. The van der Waals surface area contributed by atoms with Crippen LogP contribution in [0.1, 0.15) is 31.9 Å². The molecule has 0 aromatic heterocycles. The van der Waals surface area contributed by atoms with Crippen molar-refractivity contribution in [1.82, 2.24) is 4.90 Å². The molecule has 118 valence electrons. The SMILES string of the molecule is CCC(N)C(c1ccccc1F)N1CC(C)OC(CO)C1. The van der Waals surface area contributed by atoms with Gasteiger partial charge in [-0.25, -0.2) is 4.39 Å². The molecule has 0 amide bonds. The van der Waals surface area contributed by atoms with Crippen LogP contribution in [0.3, 0.4) is 0 Å². The maximum atomic E-state index is 14.2. The summed E-state index contributed by atoms with van der Waals surface area (Å²) in [6, 6.07) is 6.43. The van der Waals surface area contributed by atoms with Crippen molar-refractivity contribution < 1.29 is 14.2 Å². The lowest BCUT2D eigenvalue weighted by molar-refractivity contribution is -0.108. The molecule has 0 spiro atoms. The molecule has 4 atom stereocenters. The molecule has 1 fully saturated rings. The van der Waals surface area contributed by atoms with E-state index in [-0.39, 0.29) is 36.7 Å². The summed E-state index contributed by atoms with van der Waals surface area (Å²) in [6.45, 7) is 5.18. The fraction of sp³-hybridized carbons (Fsp3) is 0.625. The highest BCUT2D eigenvalue weighted by Crippen LogP contribution is 2.30. The van der Waals surface area contributed by atoms with Crippen molar-refractivity contribution in [2.24, 2.45) is 5.73 Å². The largest absolute Gasteiger partial charge is 0.394 e. The van der Waals surface area contributed by atoms with E-state index >= 15 is 0 Å². The number of benzene rings is 1. The van der Waals surface area contributed by atoms with Crippen molar-refractivity contribution >= 4 is 0 Å². The first kappa shape index (κ1) is 16.4. The van der Waals surface area contributed by atoms with Crippen molar-refractivity contribution in [2.45, 2.75) is 44.6 Å². The molecule has 1 aromatic rings. The normalized spacial score (nSPS) is 26.5. The Labute approximate surface area is 125 Å². The van der Waals surface area contributed by atoms with E-state index in [1.165, 1.54) is 6.07 Å². The second kappa shape index (κ2) is 7.31. The van der Waals surface area contributed by atoms with E-state index in [0.717, 1.165) is 6.42 Å². The Balaban J connectivity index is 2.30. The molecule has 1 aromatic carbocycles. The molecule has 1 saturated heterocycles. The predicted molar refractivity (Wildman–Crippen MR) is 80.4 cm³/mol. The predicted octanol–water partition coefficient (Wildman–Crippen LogP) is 1.69. The summed E-state index contributed by atoms with van der Waals surface area (Å²) in [5.41, 5.74) is 6.89. The summed E-state index contributed by atoms with van der Waals surface area (Å²) < 4.78 is 19.9. The highest BCUT2D eigenvalue weighted by molar-refractivity contribution is 5.23. The fourth-order valence-electron chi connectivity index (χ4n) is 3.05. The molecule has 21 heavy (non-hydrogen) atoms. The van der Waals surface area contributed by atoms with E-state index in [2.05, 4.69) is 4.90 Å². The summed E-state index contributed by atoms with van der Waals surface area (Å²) in [6.07, 6.45) is 0.510. The molecule has 0 aliphatic carbocycles. The number of nitrogens with zero attached hydrogens (tertiary/aromatic N) is 1. The Morgan fingerprint density at radius 3 is 2.76 bits per heavy atom. The Morgan fingerprint density at radius 2 is 2.14 bits per heavy atom. The Kier molecular flexibility index (Phi) is 5.70. The van der Waals surface area contributed by atoms with Crippen molar-refractivity contribution in [2.75, 3.05) is 19.7 Å². The van der Waals surface area contributed by atoms with E-state index < -0.39 is 0 Å². The van der Waals surface area contributed by atoms with E-state index in [1.54, 1.807) is 12.1 Å². The molecule has 0 saturated carbocycles. The molecule has 2 rings (SSSR count). The highest BCUT2D eigenvalue weighted by atomic mass is 19.1. The Morgan fingerprint density at radius 1 is 1.43 bits per heavy atom. The van der Waals surface area contributed by atoms with Crippen molar-refractivity contribution in [3.63, 3.8) is 0 Å². The smallest absolute Gasteiger partial charge is 0.128 e. The van der Waals surface area contributed by atoms with Gasteiger partial charge in [0.1, 0.15) is 5.82 Å². The van der Waals surface area contributed by atoms with Crippen LogP contribution in [0, 0.1) is 5.82 Å². The number of aliphatic hydroxyl groups is 1. The van der Waals surface area contributed by atoms with Crippen LogP contribution in [-0.2, 0) is 4.74 Å². The third-order valence-electron chi connectivity index (χ3n) is 4.05. The van der Waals surface area contributed by atoms with Gasteiger partial charge in [0.05, 0.1) is 24.9 Å². The molecule has 0 bridgehead atoms. The number of morpholine rings is 1. The summed E-state index contributed by atoms with van der Waals surface area (Å²) in [5, 5.41) is 9.37. The maximum Gasteiger partial charge on any atom is 0.128 e. The van der Waals surface area contributed by atoms with Gasteiger partial charge in [0.25, 0.3) is 0 Å². The van der Waals surface area contributed by atoms with Gasteiger partial charge in [-0.2, -0.15) is 0 Å². The van der Waals surface area contributed by atoms with Gasteiger partial charge in [-0.05, 0) is 19.4 Å². The van der Waals surface area contributed by atoms with E-state index in [4.69, 9.17) is 10.5 Å². The van der Waals surface area contributed by atoms with Gasteiger partial charge in [0, 0.05) is 24.7 Å². The quantitative estimate of drug-likeness (QED) is 0.868. The number of hydrogen-bond acceptors (Lipinski definition) is 4. The second-order valence-electron chi connectivity index (χ2n) is 5.74. The zero-order valence-electron chi connectivity index (χ0n) is 12.7. The third-order valence-corrected chi connectivity index (χ3v) is 4.05. The minimum atomic E-state index is -0.243. The van der Waals surface area contributed by atoms with Gasteiger partial charge in [0.2, 0.25) is 0 Å². The number of rotatable bonds is 5. The van der Waals surface area contributed by atoms with Crippen LogP contribution >= 0.6 is 0 Å². The van der Waals surface area contributed by atoms with Crippen LogP contribution in [0.4, 0.5) is 4.39 Å². The molecule has 1 aliphatic rings. The molecule has 3 N–H and O–H groups in total. The molecule has 0 radical (unpaired) electrons. The first-order chi connectivity index (χ1) is 10.1. The van der Waals surface area contributed by atoms with Crippen LogP contribution in [0.2, 0.25) is 0 Å². The van der Waals surface area contributed by atoms with Crippen molar-refractivity contribution in [1.29, 1.82) is 0 Å². The molecule has 4 nitrogen and oxygen atoms in total. The van der Waals surface area contributed by atoms with Gasteiger partial charge in [0.15, 0.2) is 0 Å². The molecule has 1 aliphatic heterocycles. The molecule has 1 heterocycles. The van der Waals surface area contributed by atoms with Crippen LogP contribution < -0.4 is 5.73 Å². The summed E-state index contributed by atoms with van der Waals surface area (Å²) in [4.78, 5) is 2.14. The van der Waals surface area contributed by atoms with Gasteiger partial charge in [-0.15, -0.1) is 0 Å². The van der Waals surface area contributed by atoms with Gasteiger partial charge >= 0.3 is 0 Å². The third kappa shape index (κ3) is 3.80. The van der Waals surface area contributed by atoms with Crippen molar-refractivity contribution in [3.8, 4) is 0 Å². The first-order valence-corrected chi connectivity index (χ1v) is 7.57. The minimum absolute atomic E-state index is 0.00534. The average Bonchev–Trinajstić information content (AvgIpc) is 2.48. The lowest BCUT2D eigenvalue weighted by Crippen LogP contribution is -2.53. The van der Waals surface area contributed by atoms with Crippen LogP contribution in [-0.4, -0.2) is 48.0 Å². The molecular formula is C16H25FN2O2. The zero-order valence-corrected chi connectivity index (χ0v) is 12.7. The number of nitrogens with two attached hydrogens (primary N) is 1. The standard InChI is InChI=1S/C16H25FN2O2/c1-3-15(18)16(13-6-4-5-7-14(13)17)19-8-11(2)21-12(9-19)10-20/h4-7,11-12,15-16,20H,3,8-10,18H2,1-2H3. The van der Waals surface area contributed by atoms with Crippen molar-refractivity contribution in [3.05, 3.63) is 35.6 Å². The average molecular weight is 296 g/mol. The van der Waals surface area contributed by atoms with Gasteiger partial charge < -0.3 is 15.6 Å². The lowest BCUT2D eigenvalue weighted by Gasteiger charge is -2.42. The molecule has 5 heteroatoms. The molecule has 4 unspecified atom stereocenters. The summed E-state index contributed by atoms with van der Waals surface area (Å²) >= 11 is 0. The summed E-state index contributed by atoms with van der Waals surface area (Å²) in [5.74, 6) is -0.230. The van der Waals surface area contributed by atoms with E-state index in [0.29, 0.717) is 18.7 Å². The number of hydrogen-bond donors (Lipinski definition) is 2. The highest BCUT2D eigenvalue weighted by Gasteiger charge is 2.34. The number of ether oxygens (including phenoxy) is 1. The minimum Gasteiger partial charge on any atom is -0.394 e. The summed E-state index contributed by atoms with van der Waals surface area (Å²) in [7, 11) is 0. The maximum absolute atomic E-state index is 14.2. The fourth-order valence-corrected chi connectivity index (χ4v) is 3.05. The number of aliphatic hydroxyl groups excluding tert-OH is 1. The van der Waals surface area contributed by atoms with Crippen LogP contribution in [0.5, 0.6) is 0 Å². The Bertz CT molecular complexity index is 458. The van der Waals surface area contributed by atoms with Gasteiger partial charge in [-0.3, -0.25) is 4.90 Å². The van der Waals surface area contributed by atoms with E-state index in [1.807, 2.05) is 19.9 Å². The van der Waals surface area contributed by atoms with Gasteiger partial charge in [-0.1, -0.05) is 25.1 Å². The lowest BCUT2D eigenvalue weighted by atomic mass is 9.94. The molecular weight excluding hydrogens is 271 g/mol. The van der Waals surface area contributed by atoms with Crippen LogP contribution in [0.25, 0.3) is 0 Å². The van der Waals surface area contributed by atoms with Crippen LogP contribution in [0.15, 0.2) is 24.3 Å². The topological polar surface area (TPSA) is 58.7 Å². The number of halogens is 1. The monoisotopic (exact) mass is 296 g/mol. The Hall–Kier alpha value is -1.01. The zero-order chi connectivity index (χ0) is 15.4.